The lowest BCUT2D eigenvalue weighted by Crippen LogP contribution is -2.04. The number of halogens is 2. The van der Waals surface area contributed by atoms with Gasteiger partial charge >= 0.3 is 0 Å². The molecule has 0 nitrogen and oxygen atoms in total. The van der Waals surface area contributed by atoms with Gasteiger partial charge in [-0.3, -0.25) is 0 Å². The van der Waals surface area contributed by atoms with Crippen molar-refractivity contribution in [3.05, 3.63) is 10.9 Å². The lowest BCUT2D eigenvalue weighted by Gasteiger charge is -2.04. The van der Waals surface area contributed by atoms with Crippen molar-refractivity contribution >= 4 is 53.9 Å². The molecule has 11 heavy (non-hydrogen) atoms. The molecule has 0 atom stereocenters. The first-order valence-electron chi connectivity index (χ1n) is 4.20. The van der Waals surface area contributed by atoms with Crippen LogP contribution in [0.5, 0.6) is 0 Å². The largest absolute Gasteiger partial charge is 0.239 e. The van der Waals surface area contributed by atoms with Gasteiger partial charge in [0.1, 0.15) is 0 Å². The summed E-state index contributed by atoms with van der Waals surface area (Å²) in [5.74, 6) is 0. The highest BCUT2D eigenvalue weighted by molar-refractivity contribution is 14.1. The number of allylic oxidation sites excluding steroid dienone is 2. The molecule has 1 heterocycles. The molecule has 0 saturated heterocycles. The van der Waals surface area contributed by atoms with Crippen LogP contribution in [0, 0.1) is 0 Å². The quantitative estimate of drug-likeness (QED) is 0.514. The Bertz CT molecular complexity index is 161. The van der Waals surface area contributed by atoms with Crippen LogP contribution in [0.25, 0.3) is 0 Å². The molecule has 0 unspecified atom stereocenters. The van der Waals surface area contributed by atoms with Gasteiger partial charge in [-0.25, -0.2) is 0 Å². The molecule has 0 N–H and O–H groups in total. The first-order valence-corrected chi connectivity index (χ1v) is 6.69. The van der Waals surface area contributed by atoms with Crippen LogP contribution in [-0.4, -0.2) is 9.14 Å². The molecule has 0 aromatic carbocycles. The van der Waals surface area contributed by atoms with E-state index >= 15 is 0 Å². The molecule has 1 rings (SSSR count). The lowest BCUT2D eigenvalue weighted by molar-refractivity contribution is 1.11. The van der Waals surface area contributed by atoms with Gasteiger partial charge in [0.2, 0.25) is 9.14 Å². The van der Waals surface area contributed by atoms with Gasteiger partial charge in [-0.05, 0) is 12.8 Å². The maximum atomic E-state index is 2.59. The minimum Gasteiger partial charge on any atom is -0.144 e. The predicted molar refractivity (Wildman–Crippen MR) is 72.0 cm³/mol. The van der Waals surface area contributed by atoms with Crippen molar-refractivity contribution in [3.8, 4) is 0 Å². The van der Waals surface area contributed by atoms with E-state index in [1.54, 1.807) is 10.9 Å². The third-order valence-electron chi connectivity index (χ3n) is 2.34. The average Bonchev–Trinajstić information content (AvgIpc) is 2.24. The minimum atomic E-state index is 0.828. The molecule has 0 aromatic rings. The summed E-state index contributed by atoms with van der Waals surface area (Å²) in [6, 6.07) is 0. The van der Waals surface area contributed by atoms with Crippen LogP contribution in [0.3, 0.4) is 0 Å². The number of hydrogen-bond acceptors (Lipinski definition) is 0. The van der Waals surface area contributed by atoms with Gasteiger partial charge in [-0.15, -0.1) is 44.7 Å². The van der Waals surface area contributed by atoms with Crippen molar-refractivity contribution in [3.63, 3.8) is 0 Å². The summed E-state index contributed by atoms with van der Waals surface area (Å²) in [4.78, 5) is 0. The second-order valence-corrected chi connectivity index (χ2v) is 5.94. The van der Waals surface area contributed by atoms with E-state index < -0.39 is 0 Å². The third kappa shape index (κ3) is 2.17. The summed E-state index contributed by atoms with van der Waals surface area (Å²) in [7, 11) is 0. The van der Waals surface area contributed by atoms with E-state index in [1.165, 1.54) is 19.1 Å². The van der Waals surface area contributed by atoms with E-state index in [0.29, 0.717) is 0 Å². The lowest BCUT2D eigenvalue weighted by atomic mass is 9.60. The highest BCUT2D eigenvalue weighted by atomic mass is 127. The van der Waals surface area contributed by atoms with E-state index in [4.69, 9.17) is 0 Å². The fourth-order valence-corrected chi connectivity index (χ4v) is 5.44. The van der Waals surface area contributed by atoms with Crippen molar-refractivity contribution in [1.29, 1.82) is 0 Å². The van der Waals surface area contributed by atoms with Crippen molar-refractivity contribution in [1.82, 2.24) is 0 Å². The summed E-state index contributed by atoms with van der Waals surface area (Å²) in [6.07, 6.45) is 3.89. The van der Waals surface area contributed by atoms with Crippen LogP contribution in [0.4, 0.5) is 0 Å². The molecule has 4 heteroatoms. The van der Waals surface area contributed by atoms with Gasteiger partial charge in [0.25, 0.3) is 0 Å². The number of hydrogen-bond donors (Lipinski definition) is 0. The van der Waals surface area contributed by atoms with Crippen LogP contribution in [0.15, 0.2) is 10.9 Å². The Morgan fingerprint density at radius 1 is 1.09 bits per heavy atom. The average molecular weight is 372 g/mol. The smallest absolute Gasteiger partial charge is 0.144 e. The van der Waals surface area contributed by atoms with Gasteiger partial charge in [-0.2, -0.15) is 0 Å². The molecule has 60 valence electrons. The molecular weight excluding hydrogens is 360 g/mol. The molecule has 0 bridgehead atoms. The van der Waals surface area contributed by atoms with Crippen LogP contribution < -0.4 is 0 Å². The highest BCUT2D eigenvalue weighted by Gasteiger charge is 2.32. The van der Waals surface area contributed by atoms with Crippen molar-refractivity contribution < 1.29 is 0 Å². The standard InChI is InChI=1S/C7H12B2I2/c1-3-6-7(4-2)9(11)5-8(6)10/h3-5H2,1-2H3. The zero-order valence-electron chi connectivity index (χ0n) is 7.03. The predicted octanol–water partition coefficient (Wildman–Crippen LogP) is 3.59. The molecule has 0 aromatic heterocycles. The Labute approximate surface area is 96.9 Å². The Kier molecular flexibility index (Phi) is 4.29. The maximum Gasteiger partial charge on any atom is 0.239 e. The van der Waals surface area contributed by atoms with Crippen LogP contribution in [0.2, 0.25) is 6.22 Å². The highest BCUT2D eigenvalue weighted by Crippen LogP contribution is 2.35. The Morgan fingerprint density at radius 3 is 1.73 bits per heavy atom. The normalized spacial score (nSPS) is 18.5. The van der Waals surface area contributed by atoms with Crippen molar-refractivity contribution in [2.75, 3.05) is 0 Å². The topological polar surface area (TPSA) is 0 Å². The summed E-state index contributed by atoms with van der Waals surface area (Å²) in [5.41, 5.74) is 3.46. The molecule has 0 spiro atoms. The van der Waals surface area contributed by atoms with Crippen LogP contribution in [-0.2, 0) is 0 Å². The summed E-state index contributed by atoms with van der Waals surface area (Å²) in [5, 5.41) is 0. The van der Waals surface area contributed by atoms with Gasteiger partial charge in [-0.1, -0.05) is 31.0 Å². The fourth-order valence-electron chi connectivity index (χ4n) is 1.77. The number of rotatable bonds is 2. The van der Waals surface area contributed by atoms with Crippen LogP contribution >= 0.6 is 44.7 Å². The summed E-state index contributed by atoms with van der Waals surface area (Å²) in [6.45, 7) is 4.57. The summed E-state index contributed by atoms with van der Waals surface area (Å²) < 4.78 is 1.66. The van der Waals surface area contributed by atoms with Gasteiger partial charge < -0.3 is 0 Å². The van der Waals surface area contributed by atoms with Crippen molar-refractivity contribution in [2.45, 2.75) is 32.9 Å². The SMILES string of the molecule is CCC1=C(CC)B(I)CB1I. The molecule has 1 aliphatic rings. The van der Waals surface area contributed by atoms with Crippen molar-refractivity contribution in [2.24, 2.45) is 0 Å². The molecule has 0 fully saturated rings. The second-order valence-electron chi connectivity index (χ2n) is 2.93. The first kappa shape index (κ1) is 10.4. The Hall–Kier alpha value is 1.33. The van der Waals surface area contributed by atoms with Gasteiger partial charge in [0.15, 0.2) is 0 Å². The molecule has 1 aliphatic heterocycles. The Balaban J connectivity index is 2.83. The summed E-state index contributed by atoms with van der Waals surface area (Å²) >= 11 is 5.17. The zero-order chi connectivity index (χ0) is 8.43. The third-order valence-corrected chi connectivity index (χ3v) is 4.87. The molecule has 0 saturated carbocycles. The van der Waals surface area contributed by atoms with E-state index in [2.05, 4.69) is 58.6 Å². The Morgan fingerprint density at radius 2 is 1.45 bits per heavy atom. The van der Waals surface area contributed by atoms with E-state index in [0.717, 1.165) is 9.14 Å². The molecule has 0 radical (unpaired) electrons. The van der Waals surface area contributed by atoms with E-state index in [9.17, 15) is 0 Å². The fraction of sp³-hybridized carbons (Fsp3) is 0.714. The van der Waals surface area contributed by atoms with Gasteiger partial charge in [0.05, 0.1) is 0 Å². The molecule has 0 aliphatic carbocycles. The minimum absolute atomic E-state index is 0.828. The zero-order valence-corrected chi connectivity index (χ0v) is 11.3. The van der Waals surface area contributed by atoms with E-state index in [1.807, 2.05) is 0 Å². The van der Waals surface area contributed by atoms with Crippen LogP contribution in [0.1, 0.15) is 26.7 Å². The van der Waals surface area contributed by atoms with E-state index in [-0.39, 0.29) is 0 Å². The van der Waals surface area contributed by atoms with Gasteiger partial charge in [0, 0.05) is 0 Å². The second kappa shape index (κ2) is 4.53. The monoisotopic (exact) mass is 372 g/mol. The first-order chi connectivity index (χ1) is 5.20. The molecule has 0 amide bonds. The maximum absolute atomic E-state index is 2.59. The molecular formula is C7H12B2I2.